The molecule has 1 aromatic carbocycles. The van der Waals surface area contributed by atoms with Gasteiger partial charge in [0.1, 0.15) is 17.2 Å². The number of rotatable bonds is 5. The second-order valence-corrected chi connectivity index (χ2v) is 9.32. The molecule has 1 aliphatic rings. The lowest BCUT2D eigenvalue weighted by molar-refractivity contribution is -0.192. The van der Waals surface area contributed by atoms with Gasteiger partial charge in [0.05, 0.1) is 17.4 Å². The highest BCUT2D eigenvalue weighted by Crippen LogP contribution is 2.32. The number of nitrogens with zero attached hydrogens (tertiary/aromatic N) is 4. The Morgan fingerprint density at radius 3 is 2.22 bits per heavy atom. The van der Waals surface area contributed by atoms with Gasteiger partial charge in [0.15, 0.2) is 0 Å². The number of amides is 1. The fourth-order valence-electron chi connectivity index (χ4n) is 3.85. The Hall–Kier alpha value is -4.33. The van der Waals surface area contributed by atoms with Crippen LogP contribution in [0.5, 0.6) is 0 Å². The highest BCUT2D eigenvalue weighted by atomic mass is 35.5. The number of nitrogens with one attached hydrogen (secondary N) is 1. The van der Waals surface area contributed by atoms with Gasteiger partial charge in [0, 0.05) is 36.2 Å². The molecule has 41 heavy (non-hydrogen) atoms. The number of hydrogen-bond acceptors (Lipinski definition) is 5. The summed E-state index contributed by atoms with van der Waals surface area (Å²) in [4.78, 5) is 32.6. The summed E-state index contributed by atoms with van der Waals surface area (Å²) >= 11 is 6.09. The van der Waals surface area contributed by atoms with Crippen molar-refractivity contribution in [1.82, 2.24) is 14.5 Å². The van der Waals surface area contributed by atoms with E-state index in [4.69, 9.17) is 21.5 Å². The molecular formula is C26H20ClF6N5O3. The molecule has 0 radical (unpaired) electrons. The molecule has 15 heteroatoms. The molecule has 0 saturated carbocycles. The van der Waals surface area contributed by atoms with E-state index < -0.39 is 29.8 Å². The molecule has 8 nitrogen and oxygen atoms in total. The van der Waals surface area contributed by atoms with Crippen molar-refractivity contribution in [3.8, 4) is 0 Å². The number of carboxylic acids is 1. The van der Waals surface area contributed by atoms with E-state index >= 15 is 0 Å². The molecule has 0 spiro atoms. The van der Waals surface area contributed by atoms with Crippen molar-refractivity contribution in [2.75, 3.05) is 23.3 Å². The molecule has 0 aliphatic carbocycles. The van der Waals surface area contributed by atoms with Crippen molar-refractivity contribution >= 4 is 46.0 Å². The van der Waals surface area contributed by atoms with Crippen LogP contribution >= 0.6 is 11.6 Å². The van der Waals surface area contributed by atoms with E-state index in [1.165, 1.54) is 6.07 Å². The predicted molar refractivity (Wildman–Crippen MR) is 138 cm³/mol. The van der Waals surface area contributed by atoms with Gasteiger partial charge in [-0.25, -0.2) is 14.8 Å². The number of anilines is 2. The van der Waals surface area contributed by atoms with Gasteiger partial charge in [0.25, 0.3) is 5.91 Å². The summed E-state index contributed by atoms with van der Waals surface area (Å²) in [6.45, 7) is 2.11. The number of aliphatic carboxylic acids is 1. The maximum atomic E-state index is 13.2. The molecular weight excluding hydrogens is 580 g/mol. The molecule has 5 rings (SSSR count). The fraction of sp³-hybridized carbons (Fsp3) is 0.231. The van der Waals surface area contributed by atoms with Crippen LogP contribution in [0.3, 0.4) is 0 Å². The quantitative estimate of drug-likeness (QED) is 0.263. The van der Waals surface area contributed by atoms with Crippen LogP contribution in [-0.4, -0.2) is 50.8 Å². The normalized spacial score (nSPS) is 13.3. The molecule has 1 fully saturated rings. The molecule has 4 aromatic rings. The molecule has 1 aliphatic heterocycles. The predicted octanol–water partition coefficient (Wildman–Crippen LogP) is 6.25. The van der Waals surface area contributed by atoms with E-state index in [2.05, 4.69) is 20.2 Å². The average molecular weight is 600 g/mol. The number of halogens is 7. The number of pyridine rings is 2. The van der Waals surface area contributed by atoms with Gasteiger partial charge in [-0.2, -0.15) is 26.3 Å². The first kappa shape index (κ1) is 29.6. The Kier molecular flexibility index (Phi) is 8.42. The summed E-state index contributed by atoms with van der Waals surface area (Å²) in [6.07, 6.45) is -6.16. The van der Waals surface area contributed by atoms with Crippen molar-refractivity contribution in [3.05, 3.63) is 82.8 Å². The van der Waals surface area contributed by atoms with Crippen molar-refractivity contribution in [1.29, 1.82) is 0 Å². The second kappa shape index (κ2) is 11.6. The monoisotopic (exact) mass is 599 g/mol. The Morgan fingerprint density at radius 1 is 0.976 bits per heavy atom. The van der Waals surface area contributed by atoms with Gasteiger partial charge in [-0.05, 0) is 48.4 Å². The Morgan fingerprint density at radius 2 is 1.68 bits per heavy atom. The molecule has 1 saturated heterocycles. The smallest absolute Gasteiger partial charge is 0.475 e. The zero-order valence-electron chi connectivity index (χ0n) is 20.8. The SMILES string of the molecule is O=C(Nc1ccc(N2CCC2)nc1)c1cc2cc(C(F)(F)F)cnc2n1Cc1cccc(Cl)c1.O=C(O)C(F)(F)F. The van der Waals surface area contributed by atoms with E-state index in [-0.39, 0.29) is 23.3 Å². The van der Waals surface area contributed by atoms with Crippen LogP contribution in [0.25, 0.3) is 11.0 Å². The van der Waals surface area contributed by atoms with E-state index in [0.717, 1.165) is 43.2 Å². The first-order chi connectivity index (χ1) is 19.2. The molecule has 216 valence electrons. The summed E-state index contributed by atoms with van der Waals surface area (Å²) in [5.41, 5.74) is 0.828. The van der Waals surface area contributed by atoms with Crippen molar-refractivity contribution in [2.45, 2.75) is 25.3 Å². The first-order valence-corrected chi connectivity index (χ1v) is 12.2. The summed E-state index contributed by atoms with van der Waals surface area (Å²) in [6, 6.07) is 13.0. The lowest BCUT2D eigenvalue weighted by Gasteiger charge is -2.31. The number of carboxylic acid groups (broad SMARTS) is 1. The molecule has 1 amide bonds. The number of hydrogen-bond donors (Lipinski definition) is 2. The topological polar surface area (TPSA) is 100 Å². The van der Waals surface area contributed by atoms with E-state index in [1.807, 2.05) is 12.1 Å². The van der Waals surface area contributed by atoms with Crippen LogP contribution in [0.4, 0.5) is 37.8 Å². The zero-order valence-corrected chi connectivity index (χ0v) is 21.6. The number of aromatic nitrogens is 3. The van der Waals surface area contributed by atoms with E-state index in [1.54, 1.807) is 35.0 Å². The lowest BCUT2D eigenvalue weighted by Crippen LogP contribution is -2.37. The Labute approximate surface area is 233 Å². The minimum atomic E-state index is -5.08. The van der Waals surface area contributed by atoms with Crippen LogP contribution in [0.2, 0.25) is 5.02 Å². The van der Waals surface area contributed by atoms with Crippen LogP contribution in [0.1, 0.15) is 28.0 Å². The minimum absolute atomic E-state index is 0.175. The standard InChI is InChI=1S/C24H19ClF3N5O.C2HF3O2/c25-18-4-1-3-15(9-18)14-33-20(11-16-10-17(24(26,27)28)12-30-22(16)33)23(34)31-19-5-6-21(29-13-19)32-7-2-8-32;3-2(4,5)1(6)7/h1,3-6,9-13H,2,7-8,14H2,(H,31,34);(H,6,7). The third kappa shape index (κ3) is 7.25. The fourth-order valence-corrected chi connectivity index (χ4v) is 4.07. The maximum absolute atomic E-state index is 13.2. The Balaban J connectivity index is 0.000000493. The highest BCUT2D eigenvalue weighted by molar-refractivity contribution is 6.30. The molecule has 0 unspecified atom stereocenters. The van der Waals surface area contributed by atoms with Crippen molar-refractivity contribution < 1.29 is 41.0 Å². The summed E-state index contributed by atoms with van der Waals surface area (Å²) in [5.74, 6) is -2.40. The average Bonchev–Trinajstić information content (AvgIpc) is 3.21. The number of fused-ring (bicyclic) bond motifs is 1. The van der Waals surface area contributed by atoms with Gasteiger partial charge in [-0.1, -0.05) is 23.7 Å². The number of benzene rings is 1. The van der Waals surface area contributed by atoms with Gasteiger partial charge >= 0.3 is 18.3 Å². The number of carbonyl (C=O) groups excluding carboxylic acids is 1. The van der Waals surface area contributed by atoms with Crippen molar-refractivity contribution in [3.63, 3.8) is 0 Å². The third-order valence-corrected chi connectivity index (χ3v) is 6.19. The second-order valence-electron chi connectivity index (χ2n) is 8.88. The number of alkyl halides is 6. The summed E-state index contributed by atoms with van der Waals surface area (Å²) in [5, 5.41) is 10.6. The summed E-state index contributed by atoms with van der Waals surface area (Å²) in [7, 11) is 0. The van der Waals surface area contributed by atoms with Gasteiger partial charge in [0.2, 0.25) is 0 Å². The first-order valence-electron chi connectivity index (χ1n) is 11.9. The lowest BCUT2D eigenvalue weighted by atomic mass is 10.2. The van der Waals surface area contributed by atoms with Crippen molar-refractivity contribution in [2.24, 2.45) is 0 Å². The van der Waals surface area contributed by atoms with Gasteiger partial charge < -0.3 is 19.9 Å². The minimum Gasteiger partial charge on any atom is -0.475 e. The molecule has 4 heterocycles. The highest BCUT2D eigenvalue weighted by Gasteiger charge is 2.38. The maximum Gasteiger partial charge on any atom is 0.490 e. The number of carbonyl (C=O) groups is 2. The molecule has 0 atom stereocenters. The van der Waals surface area contributed by atoms with Crippen LogP contribution < -0.4 is 10.2 Å². The van der Waals surface area contributed by atoms with E-state index in [0.29, 0.717) is 10.7 Å². The van der Waals surface area contributed by atoms with Gasteiger partial charge in [-0.3, -0.25) is 4.79 Å². The Bertz CT molecular complexity index is 1570. The zero-order chi connectivity index (χ0) is 29.9. The molecule has 2 N–H and O–H groups in total. The summed E-state index contributed by atoms with van der Waals surface area (Å²) < 4.78 is 73.0. The largest absolute Gasteiger partial charge is 0.490 e. The van der Waals surface area contributed by atoms with Gasteiger partial charge in [-0.15, -0.1) is 0 Å². The molecule has 3 aromatic heterocycles. The van der Waals surface area contributed by atoms with Crippen LogP contribution in [-0.2, 0) is 17.5 Å². The van der Waals surface area contributed by atoms with Crippen LogP contribution in [0.15, 0.2) is 60.9 Å². The third-order valence-electron chi connectivity index (χ3n) is 5.95. The molecule has 0 bridgehead atoms. The van der Waals surface area contributed by atoms with E-state index in [9.17, 15) is 31.1 Å². The van der Waals surface area contributed by atoms with Crippen LogP contribution in [0, 0.1) is 0 Å².